The molecule has 1 aromatic carbocycles. The molecule has 6 heteroatoms. The third kappa shape index (κ3) is 3.18. The van der Waals surface area contributed by atoms with Crippen molar-refractivity contribution in [3.05, 3.63) is 35.2 Å². The Labute approximate surface area is 138 Å². The number of nitrogens with zero attached hydrogens (tertiary/aromatic N) is 1. The molecule has 4 nitrogen and oxygen atoms in total. The van der Waals surface area contributed by atoms with Gasteiger partial charge in [0.15, 0.2) is 0 Å². The Kier molecular flexibility index (Phi) is 3.82. The Hall–Kier alpha value is -2.24. The average Bonchev–Trinajstić information content (AvgIpc) is 3.45. The van der Waals surface area contributed by atoms with Gasteiger partial charge in [0.05, 0.1) is 24.0 Å². The molecule has 1 aromatic rings. The Morgan fingerprint density at radius 2 is 1.67 bits per heavy atom. The van der Waals surface area contributed by atoms with Gasteiger partial charge in [-0.05, 0) is 43.9 Å². The van der Waals surface area contributed by atoms with Crippen molar-refractivity contribution in [1.82, 2.24) is 0 Å². The molecule has 4 rings (SSSR count). The number of dihydropyridines is 1. The zero-order chi connectivity index (χ0) is 16.7. The van der Waals surface area contributed by atoms with Crippen LogP contribution in [-0.4, -0.2) is 30.9 Å². The molecule has 0 bridgehead atoms. The smallest absolute Gasteiger partial charge is 0.150 e. The highest BCUT2D eigenvalue weighted by atomic mass is 19.1. The summed E-state index contributed by atoms with van der Waals surface area (Å²) in [6.07, 6.45) is 4.82. The van der Waals surface area contributed by atoms with Crippen LogP contribution in [0.25, 0.3) is 0 Å². The van der Waals surface area contributed by atoms with Crippen LogP contribution in [0.1, 0.15) is 47.6 Å². The summed E-state index contributed by atoms with van der Waals surface area (Å²) in [5.41, 5.74) is 0.855. The summed E-state index contributed by atoms with van der Waals surface area (Å²) in [5, 5.41) is 0. The second-order valence-electron chi connectivity index (χ2n) is 6.40. The standard InChI is InChI=1S/C18H17F2NO3/c19-11-7-14(20)18(21-8-11)17-15(23-12-1-2-12)5-10(9-22)6-16(17)24-13-3-4-13/h5-9,12-14,18H,1-4H2. The van der Waals surface area contributed by atoms with Crippen LogP contribution in [0.2, 0.25) is 0 Å². The number of carbonyl (C=O) groups is 1. The van der Waals surface area contributed by atoms with Crippen LogP contribution < -0.4 is 9.47 Å². The first-order chi connectivity index (χ1) is 11.6. The molecular formula is C18H17F2NO3. The summed E-state index contributed by atoms with van der Waals surface area (Å²) in [7, 11) is 0. The number of halogens is 2. The Balaban J connectivity index is 1.78. The van der Waals surface area contributed by atoms with Crippen molar-refractivity contribution in [2.75, 3.05) is 0 Å². The number of hydrogen-bond acceptors (Lipinski definition) is 4. The van der Waals surface area contributed by atoms with Crippen LogP contribution in [0, 0.1) is 0 Å². The van der Waals surface area contributed by atoms with Crippen molar-refractivity contribution < 1.29 is 23.0 Å². The first kappa shape index (κ1) is 15.3. The minimum Gasteiger partial charge on any atom is -0.490 e. The van der Waals surface area contributed by atoms with E-state index in [1.807, 2.05) is 0 Å². The number of benzene rings is 1. The number of carbonyl (C=O) groups excluding carboxylic acids is 1. The molecular weight excluding hydrogens is 316 g/mol. The van der Waals surface area contributed by atoms with E-state index in [2.05, 4.69) is 4.99 Å². The summed E-state index contributed by atoms with van der Waals surface area (Å²) < 4.78 is 39.4. The van der Waals surface area contributed by atoms with Crippen LogP contribution in [-0.2, 0) is 0 Å². The maximum Gasteiger partial charge on any atom is 0.150 e. The Morgan fingerprint density at radius 1 is 1.08 bits per heavy atom. The molecule has 2 unspecified atom stereocenters. The summed E-state index contributed by atoms with van der Waals surface area (Å²) in [6, 6.07) is 2.22. The van der Waals surface area contributed by atoms with Crippen molar-refractivity contribution >= 4 is 12.5 Å². The monoisotopic (exact) mass is 333 g/mol. The fraction of sp³-hybridized carbons (Fsp3) is 0.444. The number of alkyl halides is 1. The molecule has 1 heterocycles. The van der Waals surface area contributed by atoms with Gasteiger partial charge in [-0.2, -0.15) is 0 Å². The highest BCUT2D eigenvalue weighted by molar-refractivity contribution is 5.79. The summed E-state index contributed by atoms with van der Waals surface area (Å²) in [6.45, 7) is 0. The van der Waals surface area contributed by atoms with Gasteiger partial charge in [0.1, 0.15) is 35.8 Å². The van der Waals surface area contributed by atoms with E-state index in [4.69, 9.17) is 9.47 Å². The second-order valence-corrected chi connectivity index (χ2v) is 6.40. The molecule has 1 aliphatic heterocycles. The van der Waals surface area contributed by atoms with E-state index in [9.17, 15) is 13.6 Å². The van der Waals surface area contributed by atoms with E-state index in [1.165, 1.54) is 0 Å². The minimum atomic E-state index is -1.61. The lowest BCUT2D eigenvalue weighted by atomic mass is 9.97. The van der Waals surface area contributed by atoms with Crippen molar-refractivity contribution in [2.24, 2.45) is 4.99 Å². The fourth-order valence-electron chi connectivity index (χ4n) is 2.66. The van der Waals surface area contributed by atoms with Crippen molar-refractivity contribution in [3.8, 4) is 11.5 Å². The highest BCUT2D eigenvalue weighted by Crippen LogP contribution is 2.44. The van der Waals surface area contributed by atoms with Gasteiger partial charge in [0, 0.05) is 5.56 Å². The fourth-order valence-corrected chi connectivity index (χ4v) is 2.66. The van der Waals surface area contributed by atoms with Gasteiger partial charge < -0.3 is 9.47 Å². The third-order valence-corrected chi connectivity index (χ3v) is 4.17. The van der Waals surface area contributed by atoms with E-state index < -0.39 is 18.0 Å². The molecule has 0 amide bonds. The Bertz CT molecular complexity index is 688. The van der Waals surface area contributed by atoms with Gasteiger partial charge in [-0.3, -0.25) is 9.79 Å². The molecule has 126 valence electrons. The highest BCUT2D eigenvalue weighted by Gasteiger charge is 2.35. The summed E-state index contributed by atoms with van der Waals surface area (Å²) >= 11 is 0. The van der Waals surface area contributed by atoms with E-state index in [1.54, 1.807) is 12.1 Å². The van der Waals surface area contributed by atoms with Gasteiger partial charge in [0.2, 0.25) is 0 Å². The predicted molar refractivity (Wildman–Crippen MR) is 84.4 cm³/mol. The van der Waals surface area contributed by atoms with Crippen molar-refractivity contribution in [2.45, 2.75) is 50.1 Å². The maximum atomic E-state index is 14.4. The summed E-state index contributed by atoms with van der Waals surface area (Å²) in [4.78, 5) is 15.2. The molecule has 0 spiro atoms. The van der Waals surface area contributed by atoms with Crippen LogP contribution in [0.3, 0.4) is 0 Å². The van der Waals surface area contributed by atoms with E-state index in [0.29, 0.717) is 28.9 Å². The Morgan fingerprint density at radius 3 is 2.12 bits per heavy atom. The zero-order valence-electron chi connectivity index (χ0n) is 13.0. The van der Waals surface area contributed by atoms with Crippen LogP contribution in [0.15, 0.2) is 29.0 Å². The maximum absolute atomic E-state index is 14.4. The molecule has 2 atom stereocenters. The van der Waals surface area contributed by atoms with Crippen LogP contribution >= 0.6 is 0 Å². The lowest BCUT2D eigenvalue weighted by Gasteiger charge is -2.24. The number of aldehydes is 1. The van der Waals surface area contributed by atoms with Gasteiger partial charge in [-0.25, -0.2) is 8.78 Å². The molecule has 0 radical (unpaired) electrons. The normalized spacial score (nSPS) is 26.0. The van der Waals surface area contributed by atoms with Gasteiger partial charge in [-0.15, -0.1) is 0 Å². The predicted octanol–water partition coefficient (Wildman–Crippen LogP) is 3.90. The first-order valence-corrected chi connectivity index (χ1v) is 8.15. The van der Waals surface area contributed by atoms with E-state index >= 15 is 0 Å². The topological polar surface area (TPSA) is 47.9 Å². The lowest BCUT2D eigenvalue weighted by Crippen LogP contribution is -2.17. The molecule has 2 fully saturated rings. The lowest BCUT2D eigenvalue weighted by molar-refractivity contribution is 0.112. The molecule has 0 aromatic heterocycles. The molecule has 3 aliphatic rings. The zero-order valence-corrected chi connectivity index (χ0v) is 13.0. The van der Waals surface area contributed by atoms with Gasteiger partial charge >= 0.3 is 0 Å². The van der Waals surface area contributed by atoms with Crippen LogP contribution in [0.5, 0.6) is 11.5 Å². The number of aliphatic imine (C=N–C) groups is 1. The molecule has 0 saturated heterocycles. The van der Waals surface area contributed by atoms with Gasteiger partial charge in [0.25, 0.3) is 0 Å². The third-order valence-electron chi connectivity index (χ3n) is 4.17. The quantitative estimate of drug-likeness (QED) is 0.742. The van der Waals surface area contributed by atoms with Crippen molar-refractivity contribution in [3.63, 3.8) is 0 Å². The molecule has 24 heavy (non-hydrogen) atoms. The number of ether oxygens (including phenoxy) is 2. The van der Waals surface area contributed by atoms with E-state index in [0.717, 1.165) is 38.0 Å². The molecule has 0 N–H and O–H groups in total. The van der Waals surface area contributed by atoms with Gasteiger partial charge in [-0.1, -0.05) is 0 Å². The van der Waals surface area contributed by atoms with Crippen LogP contribution in [0.4, 0.5) is 8.78 Å². The first-order valence-electron chi connectivity index (χ1n) is 8.15. The SMILES string of the molecule is O=Cc1cc(OC2CC2)c(C2N=CC(F)=CC2F)c(OC2CC2)c1. The second kappa shape index (κ2) is 6.00. The van der Waals surface area contributed by atoms with Crippen molar-refractivity contribution in [1.29, 1.82) is 0 Å². The molecule has 2 saturated carbocycles. The molecule has 2 aliphatic carbocycles. The number of allylic oxidation sites excluding steroid dienone is 1. The average molecular weight is 333 g/mol. The summed E-state index contributed by atoms with van der Waals surface area (Å²) in [5.74, 6) is 0.106. The van der Waals surface area contributed by atoms with E-state index in [-0.39, 0.29) is 12.2 Å². The minimum absolute atomic E-state index is 0.0670. The largest absolute Gasteiger partial charge is 0.490 e. The number of hydrogen-bond donors (Lipinski definition) is 0. The number of rotatable bonds is 6.